The van der Waals surface area contributed by atoms with E-state index in [-0.39, 0.29) is 11.3 Å². The first kappa shape index (κ1) is 23.1. The van der Waals surface area contributed by atoms with Gasteiger partial charge < -0.3 is 9.84 Å². The lowest BCUT2D eigenvalue weighted by molar-refractivity contribution is -0.132. The molecule has 0 saturated carbocycles. The summed E-state index contributed by atoms with van der Waals surface area (Å²) in [5.41, 5.74) is 1.83. The fourth-order valence-corrected chi connectivity index (χ4v) is 3.97. The average molecular weight is 473 g/mol. The topological polar surface area (TPSA) is 90.6 Å². The summed E-state index contributed by atoms with van der Waals surface area (Å²) in [6.45, 7) is 2.58. The van der Waals surface area contributed by atoms with E-state index in [2.05, 4.69) is 0 Å². The highest BCUT2D eigenvalue weighted by Gasteiger charge is 2.46. The first-order chi connectivity index (χ1) is 16.4. The number of rotatable bonds is 6. The first-order valence-corrected chi connectivity index (χ1v) is 11.1. The summed E-state index contributed by atoms with van der Waals surface area (Å²) in [5.74, 6) is -1.19. The van der Waals surface area contributed by atoms with Gasteiger partial charge in [-0.2, -0.15) is 5.26 Å². The normalized spacial score (nSPS) is 17.0. The summed E-state index contributed by atoms with van der Waals surface area (Å²) in [7, 11) is 0. The maximum atomic E-state index is 13.2. The van der Waals surface area contributed by atoms with Crippen molar-refractivity contribution in [3.05, 3.63) is 100 Å². The van der Waals surface area contributed by atoms with Crippen LogP contribution in [0.1, 0.15) is 36.1 Å². The number of ether oxygens (including phenoxy) is 1. The number of halogens is 1. The highest BCUT2D eigenvalue weighted by Crippen LogP contribution is 2.42. The molecule has 0 spiro atoms. The van der Waals surface area contributed by atoms with Crippen LogP contribution in [0.5, 0.6) is 5.75 Å². The third kappa shape index (κ3) is 4.39. The van der Waals surface area contributed by atoms with Crippen molar-refractivity contribution in [1.29, 1.82) is 5.26 Å². The van der Waals surface area contributed by atoms with Gasteiger partial charge in [0.2, 0.25) is 0 Å². The molecular formula is C27H21ClN2O4. The molecule has 1 amide bonds. The summed E-state index contributed by atoms with van der Waals surface area (Å²) in [4.78, 5) is 27.7. The minimum Gasteiger partial charge on any atom is -0.507 e. The average Bonchev–Trinajstić information content (AvgIpc) is 3.13. The lowest BCUT2D eigenvalue weighted by atomic mass is 9.95. The summed E-state index contributed by atoms with van der Waals surface area (Å²) in [6, 6.07) is 21.0. The van der Waals surface area contributed by atoms with Crippen LogP contribution in [0.25, 0.3) is 5.76 Å². The summed E-state index contributed by atoms with van der Waals surface area (Å²) in [6.07, 6.45) is 0.863. The van der Waals surface area contributed by atoms with E-state index in [1.165, 1.54) is 4.90 Å². The Morgan fingerprint density at radius 3 is 2.26 bits per heavy atom. The van der Waals surface area contributed by atoms with Gasteiger partial charge in [-0.05, 0) is 72.6 Å². The van der Waals surface area contributed by atoms with Crippen molar-refractivity contribution in [2.45, 2.75) is 19.4 Å². The van der Waals surface area contributed by atoms with Gasteiger partial charge in [0.1, 0.15) is 11.5 Å². The molecule has 0 bridgehead atoms. The minimum absolute atomic E-state index is 0.0288. The molecule has 1 saturated heterocycles. The number of anilines is 1. The molecule has 1 fully saturated rings. The van der Waals surface area contributed by atoms with Gasteiger partial charge in [-0.3, -0.25) is 14.5 Å². The quantitative estimate of drug-likeness (QED) is 0.285. The van der Waals surface area contributed by atoms with Gasteiger partial charge >= 0.3 is 0 Å². The SMILES string of the molecule is CCCOc1ccc(C2/C(=C(\O)c3ccc(Cl)cc3)C(=O)C(=O)N2c2ccc(C#N)cc2)cc1. The van der Waals surface area contributed by atoms with Gasteiger partial charge in [0.05, 0.1) is 29.9 Å². The molecule has 0 aromatic heterocycles. The molecule has 6 nitrogen and oxygen atoms in total. The number of hydrogen-bond donors (Lipinski definition) is 1. The smallest absolute Gasteiger partial charge is 0.300 e. The molecule has 0 aliphatic carbocycles. The van der Waals surface area contributed by atoms with Crippen molar-refractivity contribution in [2.75, 3.05) is 11.5 Å². The zero-order valence-corrected chi connectivity index (χ0v) is 19.1. The number of aliphatic hydroxyl groups excluding tert-OH is 1. The van der Waals surface area contributed by atoms with Crippen LogP contribution in [0.15, 0.2) is 78.4 Å². The number of carbonyl (C=O) groups excluding carboxylic acids is 2. The summed E-state index contributed by atoms with van der Waals surface area (Å²) in [5, 5.41) is 20.7. The minimum atomic E-state index is -0.871. The Kier molecular flexibility index (Phi) is 6.67. The third-order valence-electron chi connectivity index (χ3n) is 5.51. The van der Waals surface area contributed by atoms with Crippen LogP contribution in [0, 0.1) is 11.3 Å². The molecule has 1 aliphatic rings. The lowest BCUT2D eigenvalue weighted by Gasteiger charge is -2.25. The van der Waals surface area contributed by atoms with Gasteiger partial charge in [0, 0.05) is 16.3 Å². The Hall–Kier alpha value is -4.08. The van der Waals surface area contributed by atoms with Gasteiger partial charge in [-0.25, -0.2) is 0 Å². The van der Waals surface area contributed by atoms with Crippen LogP contribution < -0.4 is 9.64 Å². The molecule has 0 radical (unpaired) electrons. The number of hydrogen-bond acceptors (Lipinski definition) is 5. The maximum Gasteiger partial charge on any atom is 0.300 e. The lowest BCUT2D eigenvalue weighted by Crippen LogP contribution is -2.29. The van der Waals surface area contributed by atoms with E-state index in [4.69, 9.17) is 21.6 Å². The van der Waals surface area contributed by atoms with E-state index >= 15 is 0 Å². The molecule has 170 valence electrons. The summed E-state index contributed by atoms with van der Waals surface area (Å²) >= 11 is 5.97. The Morgan fingerprint density at radius 1 is 1.03 bits per heavy atom. The van der Waals surface area contributed by atoms with E-state index in [1.807, 2.05) is 13.0 Å². The molecule has 1 atom stereocenters. The van der Waals surface area contributed by atoms with E-state index in [1.54, 1.807) is 72.8 Å². The standard InChI is InChI=1S/C27H21ClN2O4/c1-2-15-34-22-13-7-18(8-14-22)24-23(25(31)19-5-9-20(28)10-6-19)26(32)27(33)30(24)21-11-3-17(16-29)4-12-21/h3-14,24,31H,2,15H2,1H3/b25-23+. The number of Topliss-reactive ketones (excluding diaryl/α,β-unsaturated/α-hetero) is 1. The van der Waals surface area contributed by atoms with Crippen molar-refractivity contribution >= 4 is 34.7 Å². The number of benzene rings is 3. The van der Waals surface area contributed by atoms with Crippen LogP contribution in [0.3, 0.4) is 0 Å². The van der Waals surface area contributed by atoms with E-state index < -0.39 is 17.7 Å². The zero-order valence-electron chi connectivity index (χ0n) is 18.4. The second-order valence-corrected chi connectivity index (χ2v) is 8.19. The Morgan fingerprint density at radius 2 is 1.68 bits per heavy atom. The molecule has 3 aromatic rings. The maximum absolute atomic E-state index is 13.2. The number of carbonyl (C=O) groups is 2. The second-order valence-electron chi connectivity index (χ2n) is 7.75. The van der Waals surface area contributed by atoms with Crippen LogP contribution in [-0.4, -0.2) is 23.4 Å². The van der Waals surface area contributed by atoms with Crippen LogP contribution >= 0.6 is 11.6 Å². The summed E-state index contributed by atoms with van der Waals surface area (Å²) < 4.78 is 5.65. The molecule has 1 aliphatic heterocycles. The van der Waals surface area contributed by atoms with E-state index in [0.29, 0.717) is 39.8 Å². The molecular weight excluding hydrogens is 452 g/mol. The largest absolute Gasteiger partial charge is 0.507 e. The monoisotopic (exact) mass is 472 g/mol. The fraction of sp³-hybridized carbons (Fsp3) is 0.148. The van der Waals surface area contributed by atoms with Gasteiger partial charge in [-0.1, -0.05) is 30.7 Å². The molecule has 34 heavy (non-hydrogen) atoms. The number of nitrogens with zero attached hydrogens (tertiary/aromatic N) is 2. The predicted octanol–water partition coefficient (Wildman–Crippen LogP) is 5.63. The Labute approximate surface area is 202 Å². The van der Waals surface area contributed by atoms with Gasteiger partial charge in [0.15, 0.2) is 0 Å². The van der Waals surface area contributed by atoms with Crippen molar-refractivity contribution in [3.63, 3.8) is 0 Å². The van der Waals surface area contributed by atoms with Crippen LogP contribution in [0.2, 0.25) is 5.02 Å². The van der Waals surface area contributed by atoms with Crippen molar-refractivity contribution in [3.8, 4) is 11.8 Å². The molecule has 1 heterocycles. The molecule has 1 unspecified atom stereocenters. The van der Waals surface area contributed by atoms with E-state index in [9.17, 15) is 14.7 Å². The third-order valence-corrected chi connectivity index (χ3v) is 5.76. The van der Waals surface area contributed by atoms with Crippen molar-refractivity contribution < 1.29 is 19.4 Å². The second kappa shape index (κ2) is 9.82. The van der Waals surface area contributed by atoms with Crippen molar-refractivity contribution in [2.24, 2.45) is 0 Å². The molecule has 7 heteroatoms. The number of aliphatic hydroxyl groups is 1. The van der Waals surface area contributed by atoms with E-state index in [0.717, 1.165) is 6.42 Å². The fourth-order valence-electron chi connectivity index (χ4n) is 3.84. The highest BCUT2D eigenvalue weighted by molar-refractivity contribution is 6.51. The Balaban J connectivity index is 1.86. The Bertz CT molecular complexity index is 1290. The zero-order chi connectivity index (χ0) is 24.2. The number of ketones is 1. The number of amides is 1. The predicted molar refractivity (Wildman–Crippen MR) is 130 cm³/mol. The molecule has 3 aromatic carbocycles. The van der Waals surface area contributed by atoms with Crippen LogP contribution in [0.4, 0.5) is 5.69 Å². The van der Waals surface area contributed by atoms with Crippen molar-refractivity contribution in [1.82, 2.24) is 0 Å². The molecule has 1 N–H and O–H groups in total. The van der Waals surface area contributed by atoms with Gasteiger partial charge in [-0.15, -0.1) is 0 Å². The number of nitriles is 1. The first-order valence-electron chi connectivity index (χ1n) is 10.7. The molecule has 4 rings (SSSR count). The van der Waals surface area contributed by atoms with Crippen LogP contribution in [-0.2, 0) is 9.59 Å². The van der Waals surface area contributed by atoms with Gasteiger partial charge in [0.25, 0.3) is 11.7 Å². The highest BCUT2D eigenvalue weighted by atomic mass is 35.5.